The summed E-state index contributed by atoms with van der Waals surface area (Å²) in [5.74, 6) is -1.20. The van der Waals surface area contributed by atoms with Crippen LogP contribution in [-0.4, -0.2) is 50.4 Å². The van der Waals surface area contributed by atoms with Crippen LogP contribution in [0.4, 0.5) is 5.69 Å². The van der Waals surface area contributed by atoms with Crippen LogP contribution < -0.4 is 5.43 Å². The number of allylic oxidation sites excluding steroid dienone is 1. The van der Waals surface area contributed by atoms with Gasteiger partial charge in [0.2, 0.25) is 5.78 Å². The maximum Gasteiger partial charge on any atom is 0.298 e. The van der Waals surface area contributed by atoms with Crippen molar-refractivity contribution in [3.05, 3.63) is 70.6 Å². The second kappa shape index (κ2) is 8.33. The molecular weight excluding hydrogens is 524 g/mol. The first-order valence-electron chi connectivity index (χ1n) is 9.36. The molecule has 4 N–H and O–H groups in total. The Bertz CT molecular complexity index is 1810. The third kappa shape index (κ3) is 4.72. The lowest BCUT2D eigenvalue weighted by atomic mass is 9.94. The lowest BCUT2D eigenvalue weighted by Gasteiger charge is -2.17. The van der Waals surface area contributed by atoms with Gasteiger partial charge in [0, 0.05) is 16.3 Å². The Morgan fingerprint density at radius 2 is 1.40 bits per heavy atom. The predicted molar refractivity (Wildman–Crippen MR) is 125 cm³/mol. The van der Waals surface area contributed by atoms with Gasteiger partial charge in [-0.2, -0.15) is 30.4 Å². The Morgan fingerprint density at radius 1 is 0.743 bits per heavy atom. The van der Waals surface area contributed by atoms with Gasteiger partial charge in [0.05, 0.1) is 10.6 Å². The van der Waals surface area contributed by atoms with Crippen LogP contribution in [0.15, 0.2) is 74.4 Å². The minimum atomic E-state index is -5.04. The second-order valence-electron chi connectivity index (χ2n) is 7.24. The van der Waals surface area contributed by atoms with Crippen LogP contribution in [0, 0.1) is 0 Å². The van der Waals surface area contributed by atoms with Crippen LogP contribution in [0.3, 0.4) is 0 Å². The summed E-state index contributed by atoms with van der Waals surface area (Å²) in [5, 5.41) is 4.36. The molecule has 0 atom stereocenters. The van der Waals surface area contributed by atoms with Gasteiger partial charge in [-0.1, -0.05) is 30.3 Å². The molecule has 182 valence electrons. The average Bonchev–Trinajstić information content (AvgIpc) is 2.75. The number of Topliss-reactive ketones (excluding diaryl/α,β-unsaturated/α-hetero) is 1. The van der Waals surface area contributed by atoms with Crippen molar-refractivity contribution in [1.29, 1.82) is 0 Å². The monoisotopic (exact) mass is 538 g/mol. The maximum atomic E-state index is 12.8. The number of carbonyl (C=O) groups excluding carboxylic acids is 1. The first-order valence-corrected chi connectivity index (χ1v) is 13.7. The predicted octanol–water partition coefficient (Wildman–Crippen LogP) is 1.96. The first kappa shape index (κ1) is 24.6. The van der Waals surface area contributed by atoms with E-state index in [1.165, 1.54) is 24.3 Å². The summed E-state index contributed by atoms with van der Waals surface area (Å²) in [4.78, 5) is 10.8. The highest BCUT2D eigenvalue weighted by atomic mass is 32.2. The number of hydrogen-bond donors (Lipinski definition) is 4. The number of fused-ring (bicyclic) bond motifs is 2. The quantitative estimate of drug-likeness (QED) is 0.273. The Hall–Kier alpha value is -3.47. The fourth-order valence-corrected chi connectivity index (χ4v) is 5.31. The van der Waals surface area contributed by atoms with Crippen LogP contribution in [0.25, 0.3) is 16.8 Å². The molecule has 35 heavy (non-hydrogen) atoms. The van der Waals surface area contributed by atoms with Crippen LogP contribution in [0.5, 0.6) is 0 Å². The molecule has 0 spiro atoms. The highest BCUT2D eigenvalue weighted by molar-refractivity contribution is 7.91. The molecule has 0 heterocycles. The van der Waals surface area contributed by atoms with Crippen LogP contribution >= 0.6 is 0 Å². The number of nitrogens with zero attached hydrogens (tertiary/aromatic N) is 1. The van der Waals surface area contributed by atoms with Crippen molar-refractivity contribution in [2.75, 3.05) is 5.43 Å². The van der Waals surface area contributed by atoms with Crippen molar-refractivity contribution in [2.45, 2.75) is 9.79 Å². The minimum Gasteiger partial charge on any atom is -0.286 e. The number of nitrogens with one attached hydrogen (secondary N) is 1. The Labute approximate surface area is 198 Å². The lowest BCUT2D eigenvalue weighted by molar-refractivity contribution is -0.109. The highest BCUT2D eigenvalue weighted by Crippen LogP contribution is 2.31. The van der Waals surface area contributed by atoms with Gasteiger partial charge in [-0.3, -0.25) is 23.9 Å². The van der Waals surface area contributed by atoms with E-state index in [4.69, 9.17) is 0 Å². The maximum absolute atomic E-state index is 12.8. The summed E-state index contributed by atoms with van der Waals surface area (Å²) in [6.45, 7) is 0. The summed E-state index contributed by atoms with van der Waals surface area (Å²) in [6.07, 6.45) is 0.747. The van der Waals surface area contributed by atoms with Gasteiger partial charge in [0.15, 0.2) is 0 Å². The van der Waals surface area contributed by atoms with Gasteiger partial charge in [0.25, 0.3) is 30.4 Å². The highest BCUT2D eigenvalue weighted by Gasteiger charge is 2.33. The van der Waals surface area contributed by atoms with Crippen molar-refractivity contribution < 1.29 is 43.7 Å². The molecule has 3 aromatic carbocycles. The molecule has 0 saturated carbocycles. The normalized spacial score (nSPS) is 15.7. The zero-order valence-electron chi connectivity index (χ0n) is 17.1. The van der Waals surface area contributed by atoms with E-state index in [-0.39, 0.29) is 32.5 Å². The molecule has 0 saturated heterocycles. The molecule has 15 heteroatoms. The molecule has 4 rings (SSSR count). The lowest BCUT2D eigenvalue weighted by Crippen LogP contribution is -2.27. The molecule has 0 fully saturated rings. The van der Waals surface area contributed by atoms with Crippen molar-refractivity contribution in [2.24, 2.45) is 5.10 Å². The third-order valence-corrected chi connectivity index (χ3v) is 7.65. The van der Waals surface area contributed by atoms with E-state index in [9.17, 15) is 43.7 Å². The number of hydrazone groups is 1. The fourth-order valence-electron chi connectivity index (χ4n) is 3.49. The van der Waals surface area contributed by atoms with Gasteiger partial charge >= 0.3 is 0 Å². The minimum absolute atomic E-state index is 0.0128. The number of rotatable bonds is 5. The van der Waals surface area contributed by atoms with E-state index in [2.05, 4.69) is 10.5 Å². The molecule has 0 amide bonds. The van der Waals surface area contributed by atoms with E-state index in [0.29, 0.717) is 0 Å². The molecule has 0 bridgehead atoms. The summed E-state index contributed by atoms with van der Waals surface area (Å²) in [6, 6.07) is 11.4. The van der Waals surface area contributed by atoms with Crippen molar-refractivity contribution in [3.8, 4) is 0 Å². The topological polar surface area (TPSA) is 205 Å². The van der Waals surface area contributed by atoms with Gasteiger partial charge in [-0.15, -0.1) is 0 Å². The number of ketones is 1. The van der Waals surface area contributed by atoms with Crippen LogP contribution in [-0.2, 0) is 35.1 Å². The summed E-state index contributed by atoms with van der Waals surface area (Å²) >= 11 is 0. The van der Waals surface area contributed by atoms with Crippen molar-refractivity contribution >= 4 is 64.4 Å². The molecular formula is C20H14N2O10S3. The summed E-state index contributed by atoms with van der Waals surface area (Å²) in [5.41, 5.74) is 2.05. The first-order chi connectivity index (χ1) is 16.2. The zero-order chi connectivity index (χ0) is 25.8. The molecule has 0 radical (unpaired) electrons. The number of anilines is 1. The SMILES string of the molecule is O=C1C(S(=O)(=O)O)=Cc2cc(S(=O)(=O)O)ccc2C1=NNc1ccc(S(=O)(=O)O)c2ccccc12. The van der Waals surface area contributed by atoms with Gasteiger partial charge < -0.3 is 0 Å². The molecule has 12 nitrogen and oxygen atoms in total. The fraction of sp³-hybridized carbons (Fsp3) is 0. The molecule has 1 aliphatic rings. The number of hydrogen-bond acceptors (Lipinski definition) is 9. The zero-order valence-corrected chi connectivity index (χ0v) is 19.6. The molecule has 3 aromatic rings. The summed E-state index contributed by atoms with van der Waals surface area (Å²) < 4.78 is 98.1. The number of carbonyl (C=O) groups is 1. The standard InChI is InChI=1S/C20H14N2O10S3/c23-20-18(35(30,31)32)10-11-9-12(33(24,25)26)5-6-13(11)19(20)22-21-16-7-8-17(34(27,28)29)15-4-2-1-3-14(15)16/h1-10,21H,(H,24,25,26)(H,27,28,29)(H,30,31,32). The third-order valence-electron chi connectivity index (χ3n) is 5.03. The smallest absolute Gasteiger partial charge is 0.286 e. The molecule has 1 aliphatic carbocycles. The van der Waals surface area contributed by atoms with E-state index in [0.717, 1.165) is 30.3 Å². The second-order valence-corrected chi connectivity index (χ2v) is 11.4. The van der Waals surface area contributed by atoms with E-state index >= 15 is 0 Å². The van der Waals surface area contributed by atoms with Gasteiger partial charge in [-0.25, -0.2) is 0 Å². The molecule has 0 aromatic heterocycles. The largest absolute Gasteiger partial charge is 0.298 e. The van der Waals surface area contributed by atoms with Crippen LogP contribution in [0.2, 0.25) is 0 Å². The van der Waals surface area contributed by atoms with Crippen LogP contribution in [0.1, 0.15) is 11.1 Å². The molecule has 0 aliphatic heterocycles. The summed E-state index contributed by atoms with van der Waals surface area (Å²) in [7, 11) is -14.3. The van der Waals surface area contributed by atoms with Gasteiger partial charge in [-0.05, 0) is 35.9 Å². The Kier molecular flexibility index (Phi) is 5.87. The number of benzene rings is 3. The Balaban J connectivity index is 1.89. The molecule has 0 unspecified atom stereocenters. The van der Waals surface area contributed by atoms with E-state index < -0.39 is 51.6 Å². The average molecular weight is 539 g/mol. The van der Waals surface area contributed by atoms with Crippen molar-refractivity contribution in [3.63, 3.8) is 0 Å². The van der Waals surface area contributed by atoms with E-state index in [1.807, 2.05) is 0 Å². The Morgan fingerprint density at radius 3 is 2.00 bits per heavy atom. The van der Waals surface area contributed by atoms with Crippen molar-refractivity contribution in [1.82, 2.24) is 0 Å². The van der Waals surface area contributed by atoms with E-state index in [1.54, 1.807) is 6.07 Å². The van der Waals surface area contributed by atoms with Gasteiger partial charge in [0.1, 0.15) is 15.5 Å².